The molecule has 0 aliphatic carbocycles. The zero-order chi connectivity index (χ0) is 16.6. The first-order valence-electron chi connectivity index (χ1n) is 8.32. The summed E-state index contributed by atoms with van der Waals surface area (Å²) in [5, 5.41) is 3.16. The molecule has 0 amide bonds. The van der Waals surface area contributed by atoms with Gasteiger partial charge in [0.2, 0.25) is 0 Å². The van der Waals surface area contributed by atoms with Crippen LogP contribution in [0.15, 0.2) is 4.99 Å². The lowest BCUT2D eigenvalue weighted by Crippen LogP contribution is -2.38. The number of carbonyl (C=O) groups excluding carboxylic acids is 1. The first-order chi connectivity index (χ1) is 10.6. The Kier molecular flexibility index (Phi) is 14.0. The van der Waals surface area contributed by atoms with E-state index in [4.69, 9.17) is 22.9 Å². The molecule has 1 atom stereocenters. The molecule has 7 heteroatoms. The summed E-state index contributed by atoms with van der Waals surface area (Å²) in [6, 6.07) is -0.432. The second-order valence-electron chi connectivity index (χ2n) is 5.61. The smallest absolute Gasteiger partial charge is 0.185 e. The largest absolute Gasteiger partial charge is 0.370 e. The molecule has 0 fully saturated rings. The average molecular weight is 314 g/mol. The third kappa shape index (κ3) is 13.8. The lowest BCUT2D eigenvalue weighted by atomic mass is 10.1. The Morgan fingerprint density at radius 3 is 2.27 bits per heavy atom. The van der Waals surface area contributed by atoms with Gasteiger partial charge in [0, 0.05) is 6.54 Å². The normalized spacial score (nSPS) is 12.1. The number of nitrogens with two attached hydrogens (primary N) is 4. The molecule has 0 heterocycles. The number of aliphatic imine (C=N–C) groups is 1. The summed E-state index contributed by atoms with van der Waals surface area (Å²) in [6.45, 7) is 2.51. The summed E-state index contributed by atoms with van der Waals surface area (Å²) in [7, 11) is 0. The fourth-order valence-electron chi connectivity index (χ4n) is 2.12. The van der Waals surface area contributed by atoms with Crippen molar-refractivity contribution in [3.63, 3.8) is 0 Å². The second-order valence-corrected chi connectivity index (χ2v) is 5.61. The van der Waals surface area contributed by atoms with Crippen LogP contribution in [0.5, 0.6) is 0 Å². The van der Waals surface area contributed by atoms with Gasteiger partial charge in [-0.3, -0.25) is 9.79 Å². The fourth-order valence-corrected chi connectivity index (χ4v) is 2.12. The van der Waals surface area contributed by atoms with Crippen LogP contribution in [0.1, 0.15) is 51.4 Å². The lowest BCUT2D eigenvalue weighted by Gasteiger charge is -2.10. The average Bonchev–Trinajstić information content (AvgIpc) is 2.49. The maximum atomic E-state index is 11.8. The van der Waals surface area contributed by atoms with E-state index in [-0.39, 0.29) is 11.7 Å². The van der Waals surface area contributed by atoms with Gasteiger partial charge in [-0.2, -0.15) is 0 Å². The maximum Gasteiger partial charge on any atom is 0.185 e. The Morgan fingerprint density at radius 2 is 1.64 bits per heavy atom. The first kappa shape index (κ1) is 20.8. The van der Waals surface area contributed by atoms with Crippen LogP contribution in [-0.4, -0.2) is 44.0 Å². The molecule has 130 valence electrons. The number of hydrogen-bond donors (Lipinski definition) is 5. The van der Waals surface area contributed by atoms with Crippen molar-refractivity contribution >= 4 is 11.7 Å². The molecule has 0 aliphatic heterocycles. The molecule has 7 nitrogen and oxygen atoms in total. The summed E-state index contributed by atoms with van der Waals surface area (Å²) >= 11 is 0. The predicted molar refractivity (Wildman–Crippen MR) is 92.5 cm³/mol. The molecule has 0 aromatic heterocycles. The number of hydrogen-bond acceptors (Lipinski definition) is 5. The molecule has 1 unspecified atom stereocenters. The van der Waals surface area contributed by atoms with Crippen molar-refractivity contribution < 1.29 is 4.79 Å². The van der Waals surface area contributed by atoms with Gasteiger partial charge in [-0.15, -0.1) is 0 Å². The number of guanidine groups is 1. The van der Waals surface area contributed by atoms with E-state index >= 15 is 0 Å². The molecule has 0 aromatic carbocycles. The number of unbranched alkanes of at least 4 members (excludes halogenated alkanes) is 5. The van der Waals surface area contributed by atoms with Crippen molar-refractivity contribution in [1.82, 2.24) is 5.32 Å². The van der Waals surface area contributed by atoms with Crippen molar-refractivity contribution in [2.45, 2.75) is 57.4 Å². The van der Waals surface area contributed by atoms with E-state index in [9.17, 15) is 4.79 Å². The number of nitrogens with one attached hydrogen (secondary N) is 1. The predicted octanol–water partition coefficient (Wildman–Crippen LogP) is -0.175. The Labute approximate surface area is 134 Å². The van der Waals surface area contributed by atoms with Crippen LogP contribution in [0.25, 0.3) is 0 Å². The van der Waals surface area contributed by atoms with E-state index < -0.39 is 6.04 Å². The van der Waals surface area contributed by atoms with Crippen LogP contribution in [0.4, 0.5) is 0 Å². The van der Waals surface area contributed by atoms with Gasteiger partial charge < -0.3 is 28.3 Å². The molecular weight excluding hydrogens is 280 g/mol. The lowest BCUT2D eigenvalue weighted by molar-refractivity contribution is -0.119. The molecule has 0 spiro atoms. The minimum atomic E-state index is -0.432. The van der Waals surface area contributed by atoms with Gasteiger partial charge in [0.05, 0.1) is 12.6 Å². The van der Waals surface area contributed by atoms with E-state index in [1.807, 2.05) is 0 Å². The highest BCUT2D eigenvalue weighted by atomic mass is 16.1. The molecule has 9 N–H and O–H groups in total. The van der Waals surface area contributed by atoms with E-state index in [0.29, 0.717) is 25.9 Å². The molecule has 0 radical (unpaired) electrons. The monoisotopic (exact) mass is 314 g/mol. The van der Waals surface area contributed by atoms with Gasteiger partial charge in [0.25, 0.3) is 0 Å². The molecule has 0 saturated heterocycles. The highest BCUT2D eigenvalue weighted by Crippen LogP contribution is 2.04. The molecule has 0 bridgehead atoms. The van der Waals surface area contributed by atoms with Crippen LogP contribution in [-0.2, 0) is 4.79 Å². The van der Waals surface area contributed by atoms with Crippen molar-refractivity contribution in [2.75, 3.05) is 26.2 Å². The highest BCUT2D eigenvalue weighted by molar-refractivity contribution is 5.85. The van der Waals surface area contributed by atoms with Gasteiger partial charge in [-0.1, -0.05) is 25.7 Å². The minimum absolute atomic E-state index is 0.0487. The Morgan fingerprint density at radius 1 is 1.00 bits per heavy atom. The number of nitrogens with zero attached hydrogens (tertiary/aromatic N) is 1. The first-order valence-corrected chi connectivity index (χ1v) is 8.32. The Balaban J connectivity index is 3.42. The van der Waals surface area contributed by atoms with E-state index in [1.165, 1.54) is 25.7 Å². The van der Waals surface area contributed by atoms with Crippen molar-refractivity contribution in [2.24, 2.45) is 27.9 Å². The molecule has 0 rings (SSSR count). The van der Waals surface area contributed by atoms with Crippen LogP contribution in [0.3, 0.4) is 0 Å². The zero-order valence-corrected chi connectivity index (χ0v) is 13.7. The minimum Gasteiger partial charge on any atom is -0.370 e. The van der Waals surface area contributed by atoms with Crippen molar-refractivity contribution in [3.8, 4) is 0 Å². The topological polar surface area (TPSA) is 146 Å². The molecular formula is C15H34N6O. The zero-order valence-electron chi connectivity index (χ0n) is 13.7. The van der Waals surface area contributed by atoms with E-state index in [0.717, 1.165) is 25.9 Å². The Bertz CT molecular complexity index is 304. The number of rotatable bonds is 15. The molecule has 22 heavy (non-hydrogen) atoms. The highest BCUT2D eigenvalue weighted by Gasteiger charge is 2.11. The van der Waals surface area contributed by atoms with Gasteiger partial charge in [-0.05, 0) is 38.8 Å². The standard InChI is InChI=1S/C15H34N6O/c16-9-5-3-1-2-4-6-10-20-12-14(22)13(17)8-7-11-21-15(18)19/h13,20H,1-12,16-17H2,(H4,18,19,21). The van der Waals surface area contributed by atoms with Crippen LogP contribution < -0.4 is 28.3 Å². The SMILES string of the molecule is NCCCCCCCCNCC(=O)C(N)CCCN=C(N)N. The van der Waals surface area contributed by atoms with Crippen LogP contribution >= 0.6 is 0 Å². The van der Waals surface area contributed by atoms with E-state index in [2.05, 4.69) is 10.3 Å². The number of ketones is 1. The van der Waals surface area contributed by atoms with Crippen LogP contribution in [0.2, 0.25) is 0 Å². The number of Topliss-reactive ketones (excluding diaryl/α,β-unsaturated/α-hetero) is 1. The van der Waals surface area contributed by atoms with Gasteiger partial charge in [-0.25, -0.2) is 0 Å². The summed E-state index contributed by atoms with van der Waals surface area (Å²) in [5.74, 6) is 0.122. The summed E-state index contributed by atoms with van der Waals surface area (Å²) in [6.07, 6.45) is 8.43. The molecule has 0 aromatic rings. The third-order valence-electron chi connectivity index (χ3n) is 3.49. The van der Waals surface area contributed by atoms with Gasteiger partial charge in [0.15, 0.2) is 11.7 Å². The van der Waals surface area contributed by atoms with Crippen molar-refractivity contribution in [3.05, 3.63) is 0 Å². The number of carbonyl (C=O) groups is 1. The van der Waals surface area contributed by atoms with E-state index in [1.54, 1.807) is 0 Å². The Hall–Kier alpha value is -1.18. The maximum absolute atomic E-state index is 11.8. The van der Waals surface area contributed by atoms with Crippen molar-refractivity contribution in [1.29, 1.82) is 0 Å². The summed E-state index contributed by atoms with van der Waals surface area (Å²) < 4.78 is 0. The quantitative estimate of drug-likeness (QED) is 0.161. The fraction of sp³-hybridized carbons (Fsp3) is 0.867. The molecule has 0 saturated carbocycles. The molecule has 0 aliphatic rings. The summed E-state index contributed by atoms with van der Waals surface area (Å²) in [4.78, 5) is 15.7. The van der Waals surface area contributed by atoms with Crippen LogP contribution in [0, 0.1) is 0 Å². The second kappa shape index (κ2) is 14.7. The van der Waals surface area contributed by atoms with Gasteiger partial charge >= 0.3 is 0 Å². The third-order valence-corrected chi connectivity index (χ3v) is 3.49. The van der Waals surface area contributed by atoms with Gasteiger partial charge in [0.1, 0.15) is 0 Å². The summed E-state index contributed by atoms with van der Waals surface area (Å²) in [5.41, 5.74) is 21.7.